The first-order chi connectivity index (χ1) is 13.0. The first-order valence-corrected chi connectivity index (χ1v) is 10.3. The van der Waals surface area contributed by atoms with Crippen molar-refractivity contribution >= 4 is 5.96 Å². The number of fused-ring (bicyclic) bond motifs is 1. The summed E-state index contributed by atoms with van der Waals surface area (Å²) in [4.78, 5) is 11.5. The quantitative estimate of drug-likeness (QED) is 0.565. The predicted molar refractivity (Wildman–Crippen MR) is 107 cm³/mol. The van der Waals surface area contributed by atoms with E-state index in [1.807, 2.05) is 7.05 Å². The maximum Gasteiger partial charge on any atom is 0.191 e. The van der Waals surface area contributed by atoms with Gasteiger partial charge in [0, 0.05) is 51.6 Å². The fourth-order valence-electron chi connectivity index (χ4n) is 3.64. The van der Waals surface area contributed by atoms with Crippen LogP contribution in [0.5, 0.6) is 0 Å². The van der Waals surface area contributed by atoms with Crippen LogP contribution >= 0.6 is 0 Å². The number of aryl methyl sites for hydroxylation is 1. The summed E-state index contributed by atoms with van der Waals surface area (Å²) in [5, 5.41) is 11.7. The Balaban J connectivity index is 1.44. The van der Waals surface area contributed by atoms with Crippen LogP contribution in [-0.2, 0) is 17.7 Å². The summed E-state index contributed by atoms with van der Waals surface area (Å²) < 4.78 is 7.48. The molecule has 0 aromatic carbocycles. The van der Waals surface area contributed by atoms with Gasteiger partial charge in [-0.15, -0.1) is 0 Å². The number of aromatic nitrogens is 3. The molecule has 152 valence electrons. The minimum atomic E-state index is 0.333. The zero-order valence-electron chi connectivity index (χ0n) is 17.2. The van der Waals surface area contributed by atoms with E-state index in [9.17, 15) is 0 Å². The fourth-order valence-corrected chi connectivity index (χ4v) is 3.64. The highest BCUT2D eigenvalue weighted by atomic mass is 16.5. The van der Waals surface area contributed by atoms with E-state index in [0.29, 0.717) is 17.9 Å². The van der Waals surface area contributed by atoms with E-state index in [-0.39, 0.29) is 0 Å². The highest BCUT2D eigenvalue weighted by molar-refractivity contribution is 5.79. The summed E-state index contributed by atoms with van der Waals surface area (Å²) in [5.74, 6) is 3.87. The number of nitrogens with one attached hydrogen (secondary N) is 2. The maximum atomic E-state index is 5.42. The van der Waals surface area contributed by atoms with E-state index in [1.54, 1.807) is 0 Å². The zero-order chi connectivity index (χ0) is 19.2. The Labute approximate surface area is 162 Å². The van der Waals surface area contributed by atoms with Crippen molar-refractivity contribution in [3.8, 4) is 0 Å². The van der Waals surface area contributed by atoms with Crippen LogP contribution < -0.4 is 10.6 Å². The average molecular weight is 378 g/mol. The van der Waals surface area contributed by atoms with Crippen LogP contribution in [0.25, 0.3) is 0 Å². The highest BCUT2D eigenvalue weighted by Gasteiger charge is 2.23. The molecule has 1 saturated heterocycles. The monoisotopic (exact) mass is 377 g/mol. The van der Waals surface area contributed by atoms with Gasteiger partial charge in [0.25, 0.3) is 0 Å². The number of rotatable bonds is 6. The van der Waals surface area contributed by atoms with Crippen molar-refractivity contribution in [3.63, 3.8) is 0 Å². The van der Waals surface area contributed by atoms with Crippen LogP contribution in [0.2, 0.25) is 0 Å². The third-order valence-electron chi connectivity index (χ3n) is 5.25. The molecule has 2 aliphatic heterocycles. The van der Waals surface area contributed by atoms with Crippen molar-refractivity contribution in [2.24, 2.45) is 10.9 Å². The number of aliphatic imine (C=N–C) groups is 1. The molecule has 8 nitrogen and oxygen atoms in total. The summed E-state index contributed by atoms with van der Waals surface area (Å²) in [6, 6.07) is 0.333. The third kappa shape index (κ3) is 5.65. The number of guanidine groups is 1. The van der Waals surface area contributed by atoms with E-state index < -0.39 is 0 Å². The molecule has 0 radical (unpaired) electrons. The molecule has 8 heteroatoms. The molecule has 2 unspecified atom stereocenters. The fraction of sp³-hybridized carbons (Fsp3) is 0.842. The summed E-state index contributed by atoms with van der Waals surface area (Å²) in [6.45, 7) is 13.2. The lowest BCUT2D eigenvalue weighted by Crippen LogP contribution is -2.49. The van der Waals surface area contributed by atoms with Crippen molar-refractivity contribution in [2.45, 2.75) is 52.1 Å². The summed E-state index contributed by atoms with van der Waals surface area (Å²) >= 11 is 0. The second kappa shape index (κ2) is 9.50. The number of hydrogen-bond acceptors (Lipinski definition) is 5. The molecule has 0 aliphatic carbocycles. The van der Waals surface area contributed by atoms with E-state index in [0.717, 1.165) is 76.4 Å². The van der Waals surface area contributed by atoms with E-state index in [4.69, 9.17) is 4.74 Å². The van der Waals surface area contributed by atoms with E-state index >= 15 is 0 Å². The van der Waals surface area contributed by atoms with Crippen LogP contribution in [-0.4, -0.2) is 78.1 Å². The van der Waals surface area contributed by atoms with Crippen LogP contribution in [0.1, 0.15) is 44.8 Å². The Morgan fingerprint density at radius 2 is 2.07 bits per heavy atom. The Morgan fingerprint density at radius 3 is 2.78 bits per heavy atom. The zero-order valence-corrected chi connectivity index (χ0v) is 17.2. The molecule has 1 aromatic rings. The van der Waals surface area contributed by atoms with E-state index in [2.05, 4.69) is 56.1 Å². The van der Waals surface area contributed by atoms with Crippen molar-refractivity contribution in [1.82, 2.24) is 30.3 Å². The lowest BCUT2D eigenvalue weighted by molar-refractivity contribution is 0.0320. The van der Waals surface area contributed by atoms with Crippen molar-refractivity contribution in [2.75, 3.05) is 46.4 Å². The molecule has 2 aliphatic rings. The molecule has 3 rings (SSSR count). The maximum absolute atomic E-state index is 5.42. The molecule has 1 fully saturated rings. The number of morpholine rings is 1. The van der Waals surface area contributed by atoms with E-state index in [1.165, 1.54) is 0 Å². The summed E-state index contributed by atoms with van der Waals surface area (Å²) in [5.41, 5.74) is 0. The predicted octanol–water partition coefficient (Wildman–Crippen LogP) is 0.850. The molecule has 0 spiro atoms. The standard InChI is InChI=1S/C19H35N7O/c1-14(2)18-23-17-6-5-16(13-26(17)24-18)22-19(20-4)21-11-15(3)12-25-7-9-27-10-8-25/h14-16H,5-13H2,1-4H3,(H2,20,21,22). The molecular formula is C19H35N7O. The molecule has 0 saturated carbocycles. The topological polar surface area (TPSA) is 79.6 Å². The van der Waals surface area contributed by atoms with Crippen molar-refractivity contribution in [3.05, 3.63) is 11.6 Å². The van der Waals surface area contributed by atoms with Crippen LogP contribution in [0.4, 0.5) is 0 Å². The largest absolute Gasteiger partial charge is 0.379 e. The average Bonchev–Trinajstić information content (AvgIpc) is 3.09. The lowest BCUT2D eigenvalue weighted by Gasteiger charge is -2.30. The molecule has 2 N–H and O–H groups in total. The van der Waals surface area contributed by atoms with Gasteiger partial charge in [-0.05, 0) is 12.3 Å². The first-order valence-electron chi connectivity index (χ1n) is 10.3. The number of nitrogens with zero attached hydrogens (tertiary/aromatic N) is 5. The van der Waals surface area contributed by atoms with Crippen molar-refractivity contribution in [1.29, 1.82) is 0 Å². The normalized spacial score (nSPS) is 22.6. The van der Waals surface area contributed by atoms with Gasteiger partial charge in [-0.3, -0.25) is 9.89 Å². The Kier molecular flexibility index (Phi) is 7.07. The lowest BCUT2D eigenvalue weighted by atomic mass is 10.1. The second-order valence-corrected chi connectivity index (χ2v) is 8.07. The molecule has 3 heterocycles. The van der Waals surface area contributed by atoms with Crippen LogP contribution in [0.15, 0.2) is 4.99 Å². The summed E-state index contributed by atoms with van der Waals surface area (Å²) in [6.07, 6.45) is 2.02. The van der Waals surface area contributed by atoms with Gasteiger partial charge in [0.15, 0.2) is 11.8 Å². The first kappa shape index (κ1) is 20.1. The molecule has 0 amide bonds. The van der Waals surface area contributed by atoms with Gasteiger partial charge in [-0.2, -0.15) is 5.10 Å². The molecular weight excluding hydrogens is 342 g/mol. The Morgan fingerprint density at radius 1 is 1.30 bits per heavy atom. The van der Waals surface area contributed by atoms with Gasteiger partial charge in [-0.1, -0.05) is 20.8 Å². The minimum Gasteiger partial charge on any atom is -0.379 e. The third-order valence-corrected chi connectivity index (χ3v) is 5.25. The van der Waals surface area contributed by atoms with Crippen molar-refractivity contribution < 1.29 is 4.74 Å². The summed E-state index contributed by atoms with van der Waals surface area (Å²) in [7, 11) is 1.84. The Hall–Kier alpha value is -1.67. The van der Waals surface area contributed by atoms with Gasteiger partial charge >= 0.3 is 0 Å². The van der Waals surface area contributed by atoms with Gasteiger partial charge in [-0.25, -0.2) is 9.67 Å². The van der Waals surface area contributed by atoms with Crippen LogP contribution in [0.3, 0.4) is 0 Å². The molecule has 0 bridgehead atoms. The van der Waals surface area contributed by atoms with Crippen LogP contribution in [0, 0.1) is 5.92 Å². The molecule has 27 heavy (non-hydrogen) atoms. The van der Waals surface area contributed by atoms with Gasteiger partial charge in [0.1, 0.15) is 5.82 Å². The Bertz CT molecular complexity index is 622. The smallest absolute Gasteiger partial charge is 0.191 e. The number of ether oxygens (including phenoxy) is 1. The van der Waals surface area contributed by atoms with Gasteiger partial charge in [0.05, 0.1) is 19.8 Å². The molecule has 1 aromatic heterocycles. The SMILES string of the molecule is CN=C(NCC(C)CN1CCOCC1)NC1CCc2nc(C(C)C)nn2C1. The number of hydrogen-bond donors (Lipinski definition) is 2. The van der Waals surface area contributed by atoms with Gasteiger partial charge in [0.2, 0.25) is 0 Å². The van der Waals surface area contributed by atoms with Gasteiger partial charge < -0.3 is 15.4 Å². The highest BCUT2D eigenvalue weighted by Crippen LogP contribution is 2.17. The molecule has 2 atom stereocenters. The second-order valence-electron chi connectivity index (χ2n) is 8.07. The minimum absolute atomic E-state index is 0.333.